The van der Waals surface area contributed by atoms with Gasteiger partial charge in [-0.05, 0) is 30.0 Å². The van der Waals surface area contributed by atoms with Crippen molar-refractivity contribution in [2.24, 2.45) is 0 Å². The lowest BCUT2D eigenvalue weighted by atomic mass is 10.1. The maximum absolute atomic E-state index is 9.00. The molecule has 2 heterocycles. The zero-order valence-electron chi connectivity index (χ0n) is 13.2. The topological polar surface area (TPSA) is 83.0 Å². The Morgan fingerprint density at radius 1 is 1.08 bits per heavy atom. The van der Waals surface area contributed by atoms with Crippen LogP contribution in [0.4, 0.5) is 11.6 Å². The second-order valence-electron chi connectivity index (χ2n) is 5.98. The number of pyridine rings is 1. The summed E-state index contributed by atoms with van der Waals surface area (Å²) in [7, 11) is 0. The molecule has 3 aromatic rings. The number of nitrogens with zero attached hydrogens (tertiary/aromatic N) is 3. The van der Waals surface area contributed by atoms with Crippen molar-refractivity contribution in [3.05, 3.63) is 54.0 Å². The maximum Gasteiger partial charge on any atom is 0.137 e. The largest absolute Gasteiger partial charge is 0.395 e. The highest BCUT2D eigenvalue weighted by Crippen LogP contribution is 2.26. The fourth-order valence-corrected chi connectivity index (χ4v) is 3.22. The van der Waals surface area contributed by atoms with Crippen molar-refractivity contribution in [1.82, 2.24) is 15.0 Å². The van der Waals surface area contributed by atoms with Gasteiger partial charge in [-0.3, -0.25) is 0 Å². The van der Waals surface area contributed by atoms with E-state index in [1.807, 2.05) is 6.07 Å². The van der Waals surface area contributed by atoms with Crippen LogP contribution in [-0.2, 0) is 12.8 Å². The molecule has 24 heavy (non-hydrogen) atoms. The van der Waals surface area contributed by atoms with E-state index in [0.29, 0.717) is 18.4 Å². The molecule has 0 spiro atoms. The van der Waals surface area contributed by atoms with Gasteiger partial charge in [0.05, 0.1) is 18.3 Å². The number of benzene rings is 1. The van der Waals surface area contributed by atoms with Gasteiger partial charge in [0.25, 0.3) is 0 Å². The van der Waals surface area contributed by atoms with Gasteiger partial charge in [-0.25, -0.2) is 15.0 Å². The molecule has 0 atom stereocenters. The second-order valence-corrected chi connectivity index (χ2v) is 5.98. The van der Waals surface area contributed by atoms with Gasteiger partial charge >= 0.3 is 0 Å². The molecule has 3 N–H and O–H groups in total. The molecule has 0 bridgehead atoms. The summed E-state index contributed by atoms with van der Waals surface area (Å²) in [5, 5.41) is 16.5. The lowest BCUT2D eigenvalue weighted by molar-refractivity contribution is 0.311. The molecular formula is C18H19N5O. The lowest BCUT2D eigenvalue weighted by Crippen LogP contribution is -2.20. The minimum atomic E-state index is 0.0576. The predicted molar refractivity (Wildman–Crippen MR) is 94.2 cm³/mol. The molecule has 4 rings (SSSR count). The predicted octanol–water partition coefficient (Wildman–Crippen LogP) is 2.01. The first-order valence-electron chi connectivity index (χ1n) is 8.12. The molecule has 0 saturated heterocycles. The Morgan fingerprint density at radius 3 is 2.62 bits per heavy atom. The summed E-state index contributed by atoms with van der Waals surface area (Å²) in [4.78, 5) is 13.0. The Labute approximate surface area is 140 Å². The van der Waals surface area contributed by atoms with Gasteiger partial charge in [0.15, 0.2) is 0 Å². The van der Waals surface area contributed by atoms with E-state index in [-0.39, 0.29) is 6.61 Å². The van der Waals surface area contributed by atoms with Crippen molar-refractivity contribution >= 4 is 22.5 Å². The van der Waals surface area contributed by atoms with Crippen LogP contribution in [0.2, 0.25) is 0 Å². The average Bonchev–Trinajstić information content (AvgIpc) is 3.02. The normalized spacial score (nSPS) is 13.9. The number of hydrogen-bond donors (Lipinski definition) is 3. The van der Waals surface area contributed by atoms with E-state index in [1.165, 1.54) is 17.5 Å². The van der Waals surface area contributed by atoms with Crippen molar-refractivity contribution in [3.63, 3.8) is 0 Å². The minimum absolute atomic E-state index is 0.0576. The standard InChI is InChI=1S/C18H19N5O/c24-6-5-19-18-15-9-17(20-10-16(15)21-11-22-18)23-14-7-12-3-1-2-4-13(12)8-14/h1-4,9-11,14,24H,5-8H2,(H,20,23)(H,19,21,22). The molecule has 2 aromatic heterocycles. The third-order valence-electron chi connectivity index (χ3n) is 4.33. The van der Waals surface area contributed by atoms with E-state index in [4.69, 9.17) is 5.11 Å². The molecule has 0 fully saturated rings. The summed E-state index contributed by atoms with van der Waals surface area (Å²) in [6.07, 6.45) is 5.28. The maximum atomic E-state index is 9.00. The zero-order chi connectivity index (χ0) is 16.4. The van der Waals surface area contributed by atoms with Crippen molar-refractivity contribution in [1.29, 1.82) is 0 Å². The van der Waals surface area contributed by atoms with Crippen LogP contribution in [0.3, 0.4) is 0 Å². The van der Waals surface area contributed by atoms with Crippen molar-refractivity contribution in [3.8, 4) is 0 Å². The third-order valence-corrected chi connectivity index (χ3v) is 4.33. The summed E-state index contributed by atoms with van der Waals surface area (Å²) in [6, 6.07) is 10.9. The SMILES string of the molecule is OCCNc1ncnc2cnc(NC3Cc4ccccc4C3)cc12. The fourth-order valence-electron chi connectivity index (χ4n) is 3.22. The number of hydrogen-bond acceptors (Lipinski definition) is 6. The van der Waals surface area contributed by atoms with Gasteiger partial charge in [0.1, 0.15) is 18.0 Å². The number of anilines is 2. The monoisotopic (exact) mass is 321 g/mol. The van der Waals surface area contributed by atoms with Gasteiger partial charge in [0, 0.05) is 18.0 Å². The quantitative estimate of drug-likeness (QED) is 0.667. The molecule has 6 heteroatoms. The summed E-state index contributed by atoms with van der Waals surface area (Å²) in [5.74, 6) is 1.54. The second kappa shape index (κ2) is 6.41. The Bertz CT molecular complexity index is 842. The fraction of sp³-hybridized carbons (Fsp3) is 0.278. The van der Waals surface area contributed by atoms with E-state index in [2.05, 4.69) is 49.9 Å². The number of nitrogens with one attached hydrogen (secondary N) is 2. The van der Waals surface area contributed by atoms with E-state index in [0.717, 1.165) is 29.6 Å². The van der Waals surface area contributed by atoms with Crippen LogP contribution in [-0.4, -0.2) is 39.3 Å². The smallest absolute Gasteiger partial charge is 0.137 e. The summed E-state index contributed by atoms with van der Waals surface area (Å²) < 4.78 is 0. The molecule has 0 radical (unpaired) electrons. The number of rotatable bonds is 5. The van der Waals surface area contributed by atoms with Gasteiger partial charge in [-0.15, -0.1) is 0 Å². The van der Waals surface area contributed by atoms with Crippen molar-refractivity contribution < 1.29 is 5.11 Å². The zero-order valence-corrected chi connectivity index (χ0v) is 13.2. The minimum Gasteiger partial charge on any atom is -0.395 e. The molecule has 1 aliphatic rings. The molecule has 1 aromatic carbocycles. The number of aliphatic hydroxyl groups is 1. The highest BCUT2D eigenvalue weighted by molar-refractivity contribution is 5.90. The molecular weight excluding hydrogens is 302 g/mol. The number of aliphatic hydroxyl groups excluding tert-OH is 1. The van der Waals surface area contributed by atoms with E-state index < -0.39 is 0 Å². The van der Waals surface area contributed by atoms with Crippen molar-refractivity contribution in [2.45, 2.75) is 18.9 Å². The van der Waals surface area contributed by atoms with Crippen LogP contribution in [0.25, 0.3) is 10.9 Å². The van der Waals surface area contributed by atoms with Crippen LogP contribution in [0.1, 0.15) is 11.1 Å². The molecule has 6 nitrogen and oxygen atoms in total. The van der Waals surface area contributed by atoms with Gasteiger partial charge in [-0.1, -0.05) is 24.3 Å². The van der Waals surface area contributed by atoms with Gasteiger partial charge in [0.2, 0.25) is 0 Å². The molecule has 0 unspecified atom stereocenters. The Kier molecular flexibility index (Phi) is 3.96. The first-order chi connectivity index (χ1) is 11.8. The number of fused-ring (bicyclic) bond motifs is 2. The van der Waals surface area contributed by atoms with Gasteiger partial charge < -0.3 is 15.7 Å². The van der Waals surface area contributed by atoms with E-state index >= 15 is 0 Å². The third kappa shape index (κ3) is 2.88. The first-order valence-corrected chi connectivity index (χ1v) is 8.12. The molecule has 122 valence electrons. The molecule has 0 amide bonds. The number of aromatic nitrogens is 3. The van der Waals surface area contributed by atoms with Crippen LogP contribution in [0.5, 0.6) is 0 Å². The lowest BCUT2D eigenvalue weighted by Gasteiger charge is -2.14. The summed E-state index contributed by atoms with van der Waals surface area (Å²) in [6.45, 7) is 0.511. The van der Waals surface area contributed by atoms with E-state index in [1.54, 1.807) is 6.20 Å². The van der Waals surface area contributed by atoms with Crippen LogP contribution < -0.4 is 10.6 Å². The molecule has 0 aliphatic heterocycles. The van der Waals surface area contributed by atoms with Crippen molar-refractivity contribution in [2.75, 3.05) is 23.8 Å². The Morgan fingerprint density at radius 2 is 1.88 bits per heavy atom. The van der Waals surface area contributed by atoms with Crippen LogP contribution in [0.15, 0.2) is 42.9 Å². The highest BCUT2D eigenvalue weighted by Gasteiger charge is 2.21. The van der Waals surface area contributed by atoms with Crippen LogP contribution in [0, 0.1) is 0 Å². The van der Waals surface area contributed by atoms with Crippen LogP contribution >= 0.6 is 0 Å². The average molecular weight is 321 g/mol. The first kappa shape index (κ1) is 14.8. The summed E-state index contributed by atoms with van der Waals surface area (Å²) >= 11 is 0. The summed E-state index contributed by atoms with van der Waals surface area (Å²) in [5.41, 5.74) is 3.60. The molecule has 0 saturated carbocycles. The highest BCUT2D eigenvalue weighted by atomic mass is 16.3. The van der Waals surface area contributed by atoms with Gasteiger partial charge in [-0.2, -0.15) is 0 Å². The van der Waals surface area contributed by atoms with E-state index in [9.17, 15) is 0 Å². The Balaban J connectivity index is 1.57. The molecule has 1 aliphatic carbocycles. The Hall–Kier alpha value is -2.73.